The van der Waals surface area contributed by atoms with Crippen LogP contribution < -0.4 is 5.32 Å². The predicted molar refractivity (Wildman–Crippen MR) is 80.4 cm³/mol. The van der Waals surface area contributed by atoms with Crippen molar-refractivity contribution in [2.75, 3.05) is 6.61 Å². The molecule has 1 fully saturated rings. The van der Waals surface area contributed by atoms with Crippen LogP contribution in [-0.4, -0.2) is 23.7 Å². The fourth-order valence-electron chi connectivity index (χ4n) is 2.99. The number of amides is 1. The van der Waals surface area contributed by atoms with E-state index in [0.717, 1.165) is 17.9 Å². The van der Waals surface area contributed by atoms with Crippen LogP contribution in [0.2, 0.25) is 0 Å². The van der Waals surface area contributed by atoms with E-state index in [0.29, 0.717) is 12.8 Å². The zero-order valence-corrected chi connectivity index (χ0v) is 12.1. The van der Waals surface area contributed by atoms with Crippen LogP contribution >= 0.6 is 0 Å². The molecule has 1 aromatic rings. The van der Waals surface area contributed by atoms with Gasteiger partial charge in [-0.2, -0.15) is 0 Å². The molecule has 0 saturated heterocycles. The lowest BCUT2D eigenvalue weighted by atomic mass is 10.0. The SMILES string of the molecule is O=C(CCC1CCCC1)N[C@H](CO)Cc1ccccc1. The lowest BCUT2D eigenvalue weighted by Gasteiger charge is -2.17. The summed E-state index contributed by atoms with van der Waals surface area (Å²) in [6.07, 6.45) is 7.47. The molecule has 20 heavy (non-hydrogen) atoms. The Morgan fingerprint density at radius 1 is 1.25 bits per heavy atom. The standard InChI is InChI=1S/C17H25NO2/c19-13-16(12-15-8-2-1-3-9-15)18-17(20)11-10-14-6-4-5-7-14/h1-3,8-9,14,16,19H,4-7,10-13H2,(H,18,20)/t16-/m0/s1. The van der Waals surface area contributed by atoms with Crippen molar-refractivity contribution in [3.05, 3.63) is 35.9 Å². The molecule has 0 bridgehead atoms. The van der Waals surface area contributed by atoms with Crippen molar-refractivity contribution < 1.29 is 9.90 Å². The number of rotatable bonds is 7. The molecule has 110 valence electrons. The number of aliphatic hydroxyl groups is 1. The molecule has 0 spiro atoms. The average molecular weight is 275 g/mol. The van der Waals surface area contributed by atoms with Crippen LogP contribution in [0.25, 0.3) is 0 Å². The Labute approximate surface area is 121 Å². The average Bonchev–Trinajstić information content (AvgIpc) is 2.99. The predicted octanol–water partition coefficient (Wildman–Crippen LogP) is 2.68. The molecule has 1 aliphatic rings. The van der Waals surface area contributed by atoms with Crippen molar-refractivity contribution in [3.63, 3.8) is 0 Å². The highest BCUT2D eigenvalue weighted by Crippen LogP contribution is 2.28. The molecule has 2 N–H and O–H groups in total. The van der Waals surface area contributed by atoms with Gasteiger partial charge >= 0.3 is 0 Å². The smallest absolute Gasteiger partial charge is 0.220 e. The number of hydrogen-bond donors (Lipinski definition) is 2. The monoisotopic (exact) mass is 275 g/mol. The topological polar surface area (TPSA) is 49.3 Å². The molecule has 0 radical (unpaired) electrons. The molecule has 3 nitrogen and oxygen atoms in total. The Morgan fingerprint density at radius 3 is 2.60 bits per heavy atom. The van der Waals surface area contributed by atoms with Gasteiger partial charge in [-0.1, -0.05) is 56.0 Å². The van der Waals surface area contributed by atoms with E-state index in [4.69, 9.17) is 0 Å². The Kier molecular flexibility index (Phi) is 6.06. The van der Waals surface area contributed by atoms with Gasteiger partial charge in [-0.3, -0.25) is 4.79 Å². The highest BCUT2D eigenvalue weighted by Gasteiger charge is 2.17. The van der Waals surface area contributed by atoms with E-state index in [9.17, 15) is 9.90 Å². The van der Waals surface area contributed by atoms with Crippen LogP contribution in [0.15, 0.2) is 30.3 Å². The lowest BCUT2D eigenvalue weighted by Crippen LogP contribution is -2.39. The Bertz CT molecular complexity index is 399. The number of carbonyl (C=O) groups excluding carboxylic acids is 1. The van der Waals surface area contributed by atoms with Gasteiger partial charge in [-0.15, -0.1) is 0 Å². The minimum atomic E-state index is -0.173. The van der Waals surface area contributed by atoms with Crippen LogP contribution in [0, 0.1) is 5.92 Å². The van der Waals surface area contributed by atoms with Crippen molar-refractivity contribution in [2.45, 2.75) is 51.0 Å². The first-order valence-corrected chi connectivity index (χ1v) is 7.72. The number of aliphatic hydroxyl groups excluding tert-OH is 1. The molecule has 1 aliphatic carbocycles. The molecular weight excluding hydrogens is 250 g/mol. The van der Waals surface area contributed by atoms with E-state index in [1.54, 1.807) is 0 Å². The van der Waals surface area contributed by atoms with Gasteiger partial charge in [0.1, 0.15) is 0 Å². The van der Waals surface area contributed by atoms with Gasteiger partial charge in [-0.25, -0.2) is 0 Å². The van der Waals surface area contributed by atoms with E-state index >= 15 is 0 Å². The van der Waals surface area contributed by atoms with Crippen molar-refractivity contribution in [3.8, 4) is 0 Å². The minimum Gasteiger partial charge on any atom is -0.394 e. The fraction of sp³-hybridized carbons (Fsp3) is 0.588. The first kappa shape index (κ1) is 15.0. The molecule has 2 rings (SSSR count). The van der Waals surface area contributed by atoms with Crippen LogP contribution in [0.4, 0.5) is 0 Å². The van der Waals surface area contributed by atoms with Gasteiger partial charge in [0.25, 0.3) is 0 Å². The van der Waals surface area contributed by atoms with Gasteiger partial charge in [0, 0.05) is 6.42 Å². The van der Waals surface area contributed by atoms with Crippen LogP contribution in [-0.2, 0) is 11.2 Å². The normalized spacial score (nSPS) is 17.1. The Balaban J connectivity index is 1.72. The molecule has 0 heterocycles. The third-order valence-corrected chi connectivity index (χ3v) is 4.16. The molecular formula is C17H25NO2. The molecule has 0 unspecified atom stereocenters. The molecule has 3 heteroatoms. The van der Waals surface area contributed by atoms with Crippen molar-refractivity contribution in [1.29, 1.82) is 0 Å². The zero-order valence-electron chi connectivity index (χ0n) is 12.1. The summed E-state index contributed by atoms with van der Waals surface area (Å²) in [6.45, 7) is -0.00986. The van der Waals surface area contributed by atoms with Gasteiger partial charge in [-0.05, 0) is 24.3 Å². The highest BCUT2D eigenvalue weighted by atomic mass is 16.3. The third kappa shape index (κ3) is 4.97. The molecule has 0 aromatic heterocycles. The van der Waals surface area contributed by atoms with Gasteiger partial charge in [0.05, 0.1) is 12.6 Å². The van der Waals surface area contributed by atoms with E-state index in [-0.39, 0.29) is 18.6 Å². The molecule has 0 aliphatic heterocycles. The van der Waals surface area contributed by atoms with Crippen molar-refractivity contribution >= 4 is 5.91 Å². The van der Waals surface area contributed by atoms with Crippen LogP contribution in [0.3, 0.4) is 0 Å². The number of nitrogens with one attached hydrogen (secondary N) is 1. The summed E-state index contributed by atoms with van der Waals surface area (Å²) in [6, 6.07) is 9.80. The summed E-state index contributed by atoms with van der Waals surface area (Å²) < 4.78 is 0. The van der Waals surface area contributed by atoms with E-state index in [2.05, 4.69) is 5.32 Å². The second-order valence-corrected chi connectivity index (χ2v) is 5.83. The Hall–Kier alpha value is -1.35. The largest absolute Gasteiger partial charge is 0.394 e. The quantitative estimate of drug-likeness (QED) is 0.804. The van der Waals surface area contributed by atoms with Crippen molar-refractivity contribution in [1.82, 2.24) is 5.32 Å². The van der Waals surface area contributed by atoms with Gasteiger partial charge in [0.2, 0.25) is 5.91 Å². The van der Waals surface area contributed by atoms with Gasteiger partial charge < -0.3 is 10.4 Å². The summed E-state index contributed by atoms with van der Waals surface area (Å²) in [7, 11) is 0. The molecule has 1 amide bonds. The minimum absolute atomic E-state index is 0.00986. The molecule has 1 atom stereocenters. The van der Waals surface area contributed by atoms with Gasteiger partial charge in [0.15, 0.2) is 0 Å². The maximum Gasteiger partial charge on any atom is 0.220 e. The molecule has 1 saturated carbocycles. The second kappa shape index (κ2) is 8.05. The summed E-state index contributed by atoms with van der Waals surface area (Å²) in [4.78, 5) is 11.9. The first-order chi connectivity index (χ1) is 9.78. The number of benzene rings is 1. The fourth-order valence-corrected chi connectivity index (χ4v) is 2.99. The van der Waals surface area contributed by atoms with E-state index in [1.165, 1.54) is 25.7 Å². The second-order valence-electron chi connectivity index (χ2n) is 5.83. The maximum atomic E-state index is 11.9. The maximum absolute atomic E-state index is 11.9. The number of carbonyl (C=O) groups is 1. The van der Waals surface area contributed by atoms with Crippen molar-refractivity contribution in [2.24, 2.45) is 5.92 Å². The van der Waals surface area contributed by atoms with E-state index in [1.807, 2.05) is 30.3 Å². The van der Waals surface area contributed by atoms with Crippen LogP contribution in [0.5, 0.6) is 0 Å². The summed E-state index contributed by atoms with van der Waals surface area (Å²) in [5.41, 5.74) is 1.14. The summed E-state index contributed by atoms with van der Waals surface area (Å²) >= 11 is 0. The number of hydrogen-bond acceptors (Lipinski definition) is 2. The lowest BCUT2D eigenvalue weighted by molar-refractivity contribution is -0.122. The zero-order chi connectivity index (χ0) is 14.2. The van der Waals surface area contributed by atoms with E-state index < -0.39 is 0 Å². The molecule has 1 aromatic carbocycles. The highest BCUT2D eigenvalue weighted by molar-refractivity contribution is 5.76. The Morgan fingerprint density at radius 2 is 1.95 bits per heavy atom. The van der Waals surface area contributed by atoms with Crippen LogP contribution in [0.1, 0.15) is 44.1 Å². The first-order valence-electron chi connectivity index (χ1n) is 7.72. The summed E-state index contributed by atoms with van der Waals surface area (Å²) in [5.74, 6) is 0.814. The summed E-state index contributed by atoms with van der Waals surface area (Å²) in [5, 5.41) is 12.4. The third-order valence-electron chi connectivity index (χ3n) is 4.16.